The number of pyridine rings is 1. The highest BCUT2D eigenvalue weighted by molar-refractivity contribution is 5.77. The van der Waals surface area contributed by atoms with Gasteiger partial charge in [-0.1, -0.05) is 12.1 Å². The molecule has 6 nitrogen and oxygen atoms in total. The Morgan fingerprint density at radius 1 is 1.32 bits per heavy atom. The zero-order valence-corrected chi connectivity index (χ0v) is 14.6. The first-order valence-corrected chi connectivity index (χ1v) is 8.39. The van der Waals surface area contributed by atoms with E-state index in [0.717, 1.165) is 29.0 Å². The van der Waals surface area contributed by atoms with Gasteiger partial charge in [0.2, 0.25) is 5.91 Å². The molecule has 0 spiro atoms. The van der Waals surface area contributed by atoms with E-state index in [0.29, 0.717) is 19.5 Å². The number of carbonyl (C=O) groups is 1. The number of H-pyrrole nitrogens is 1. The number of nitrogens with zero attached hydrogens (tertiary/aromatic N) is 3. The highest BCUT2D eigenvalue weighted by Crippen LogP contribution is 2.13. The van der Waals surface area contributed by atoms with Crippen LogP contribution < -0.4 is 5.32 Å². The summed E-state index contributed by atoms with van der Waals surface area (Å²) < 4.78 is 0. The molecule has 0 saturated heterocycles. The average Bonchev–Trinajstić information content (AvgIpc) is 3.01. The molecule has 0 aliphatic carbocycles. The van der Waals surface area contributed by atoms with Crippen LogP contribution in [0.4, 0.5) is 0 Å². The van der Waals surface area contributed by atoms with E-state index in [1.807, 2.05) is 44.4 Å². The van der Waals surface area contributed by atoms with Crippen molar-refractivity contribution in [3.63, 3.8) is 0 Å². The van der Waals surface area contributed by atoms with Crippen molar-refractivity contribution in [1.29, 1.82) is 0 Å². The lowest BCUT2D eigenvalue weighted by Crippen LogP contribution is -2.28. The molecule has 0 atom stereocenters. The van der Waals surface area contributed by atoms with Gasteiger partial charge in [0.05, 0.1) is 17.6 Å². The van der Waals surface area contributed by atoms with Gasteiger partial charge in [-0.25, -0.2) is 4.98 Å². The number of carbonyl (C=O) groups excluding carboxylic acids is 1. The van der Waals surface area contributed by atoms with Gasteiger partial charge >= 0.3 is 0 Å². The van der Waals surface area contributed by atoms with Crippen LogP contribution in [0.2, 0.25) is 0 Å². The molecular weight excluding hydrogens is 314 g/mol. The normalized spacial score (nSPS) is 11.2. The molecule has 130 valence electrons. The molecule has 3 rings (SSSR count). The number of benzene rings is 1. The maximum Gasteiger partial charge on any atom is 0.221 e. The fourth-order valence-corrected chi connectivity index (χ4v) is 2.71. The second-order valence-corrected chi connectivity index (χ2v) is 6.33. The molecule has 0 radical (unpaired) electrons. The van der Waals surface area contributed by atoms with E-state index in [-0.39, 0.29) is 5.91 Å². The van der Waals surface area contributed by atoms with Crippen molar-refractivity contribution in [2.45, 2.75) is 26.4 Å². The van der Waals surface area contributed by atoms with Crippen LogP contribution in [0.25, 0.3) is 11.0 Å². The van der Waals surface area contributed by atoms with Crippen molar-refractivity contribution in [3.05, 3.63) is 59.7 Å². The average molecular weight is 337 g/mol. The predicted molar refractivity (Wildman–Crippen MR) is 97.9 cm³/mol. The SMILES string of the molecule is Cc1ccc2nc(CNC(=O)CCN(C)Cc3cccnc3)[nH]c2c1. The Morgan fingerprint density at radius 3 is 3.00 bits per heavy atom. The molecule has 2 aromatic heterocycles. The van der Waals surface area contributed by atoms with E-state index in [9.17, 15) is 4.79 Å². The Morgan fingerprint density at radius 2 is 2.20 bits per heavy atom. The van der Waals surface area contributed by atoms with Crippen LogP contribution in [0, 0.1) is 6.92 Å². The van der Waals surface area contributed by atoms with E-state index in [2.05, 4.69) is 31.2 Å². The van der Waals surface area contributed by atoms with Crippen molar-refractivity contribution in [3.8, 4) is 0 Å². The molecule has 2 heterocycles. The second kappa shape index (κ2) is 7.90. The molecule has 0 bridgehead atoms. The molecule has 1 amide bonds. The number of hydrogen-bond acceptors (Lipinski definition) is 4. The third-order valence-electron chi connectivity index (χ3n) is 4.04. The molecule has 6 heteroatoms. The molecular formula is C19H23N5O. The van der Waals surface area contributed by atoms with Crippen molar-refractivity contribution in [1.82, 2.24) is 25.2 Å². The van der Waals surface area contributed by atoms with E-state index in [4.69, 9.17) is 0 Å². The van der Waals surface area contributed by atoms with Crippen molar-refractivity contribution >= 4 is 16.9 Å². The Balaban J connectivity index is 1.44. The summed E-state index contributed by atoms with van der Waals surface area (Å²) in [5.74, 6) is 0.798. The minimum Gasteiger partial charge on any atom is -0.349 e. The number of amides is 1. The lowest BCUT2D eigenvalue weighted by Gasteiger charge is -2.16. The summed E-state index contributed by atoms with van der Waals surface area (Å²) in [4.78, 5) is 26.0. The van der Waals surface area contributed by atoms with Gasteiger partial charge in [-0.15, -0.1) is 0 Å². The largest absolute Gasteiger partial charge is 0.349 e. The van der Waals surface area contributed by atoms with Gasteiger partial charge in [-0.3, -0.25) is 9.78 Å². The number of hydrogen-bond donors (Lipinski definition) is 2. The quantitative estimate of drug-likeness (QED) is 0.694. The smallest absolute Gasteiger partial charge is 0.221 e. The molecule has 0 saturated carbocycles. The number of aromatic amines is 1. The van der Waals surface area contributed by atoms with Gasteiger partial charge in [0.1, 0.15) is 5.82 Å². The number of aromatic nitrogens is 3. The summed E-state index contributed by atoms with van der Waals surface area (Å²) in [5.41, 5.74) is 4.25. The highest BCUT2D eigenvalue weighted by atomic mass is 16.1. The monoisotopic (exact) mass is 337 g/mol. The van der Waals surface area contributed by atoms with Gasteiger partial charge in [0.15, 0.2) is 0 Å². The van der Waals surface area contributed by atoms with Crippen molar-refractivity contribution in [2.24, 2.45) is 0 Å². The molecule has 1 aromatic carbocycles. The molecule has 0 unspecified atom stereocenters. The Labute approximate surface area is 147 Å². The lowest BCUT2D eigenvalue weighted by molar-refractivity contribution is -0.121. The third kappa shape index (κ3) is 4.87. The van der Waals surface area contributed by atoms with E-state index >= 15 is 0 Å². The maximum absolute atomic E-state index is 12.1. The lowest BCUT2D eigenvalue weighted by atomic mass is 10.2. The molecule has 0 aliphatic rings. The Bertz CT molecular complexity index is 843. The first-order chi connectivity index (χ1) is 12.1. The Hall–Kier alpha value is -2.73. The zero-order valence-electron chi connectivity index (χ0n) is 14.6. The van der Waals surface area contributed by atoms with Crippen LogP contribution in [0.3, 0.4) is 0 Å². The van der Waals surface area contributed by atoms with Crippen LogP contribution in [0.15, 0.2) is 42.7 Å². The van der Waals surface area contributed by atoms with Gasteiger partial charge in [0, 0.05) is 31.9 Å². The van der Waals surface area contributed by atoms with Crippen LogP contribution >= 0.6 is 0 Å². The predicted octanol–water partition coefficient (Wildman–Crippen LogP) is 2.40. The number of imidazole rings is 1. The van der Waals surface area contributed by atoms with E-state index in [1.165, 1.54) is 5.56 Å². The van der Waals surface area contributed by atoms with Gasteiger partial charge in [0.25, 0.3) is 0 Å². The minimum atomic E-state index is 0.0228. The number of fused-ring (bicyclic) bond motifs is 1. The van der Waals surface area contributed by atoms with Gasteiger partial charge in [-0.05, 0) is 43.3 Å². The topological polar surface area (TPSA) is 73.9 Å². The Kier molecular flexibility index (Phi) is 5.40. The first kappa shape index (κ1) is 17.1. The van der Waals surface area contributed by atoms with Crippen LogP contribution in [0.5, 0.6) is 0 Å². The molecule has 0 aliphatic heterocycles. The second-order valence-electron chi connectivity index (χ2n) is 6.33. The number of nitrogens with one attached hydrogen (secondary N) is 2. The highest BCUT2D eigenvalue weighted by Gasteiger charge is 2.07. The summed E-state index contributed by atoms with van der Waals surface area (Å²) in [7, 11) is 2.00. The summed E-state index contributed by atoms with van der Waals surface area (Å²) in [5, 5.41) is 2.92. The van der Waals surface area contributed by atoms with Gasteiger partial charge < -0.3 is 15.2 Å². The minimum absolute atomic E-state index is 0.0228. The summed E-state index contributed by atoms with van der Waals surface area (Å²) in [6, 6.07) is 10.0. The van der Waals surface area contributed by atoms with Crippen LogP contribution in [-0.4, -0.2) is 39.4 Å². The zero-order chi connectivity index (χ0) is 17.6. The molecule has 3 aromatic rings. The van der Waals surface area contributed by atoms with E-state index < -0.39 is 0 Å². The number of rotatable bonds is 7. The van der Waals surface area contributed by atoms with Crippen LogP contribution in [0.1, 0.15) is 23.4 Å². The molecule has 0 fully saturated rings. The number of aryl methyl sites for hydroxylation is 1. The fourth-order valence-electron chi connectivity index (χ4n) is 2.71. The summed E-state index contributed by atoms with van der Waals surface area (Å²) >= 11 is 0. The van der Waals surface area contributed by atoms with Gasteiger partial charge in [-0.2, -0.15) is 0 Å². The summed E-state index contributed by atoms with van der Waals surface area (Å²) in [6.07, 6.45) is 4.06. The fraction of sp³-hybridized carbons (Fsp3) is 0.316. The van der Waals surface area contributed by atoms with Crippen LogP contribution in [-0.2, 0) is 17.9 Å². The maximum atomic E-state index is 12.1. The standard InChI is InChI=1S/C19H23N5O/c1-14-5-6-16-17(10-14)23-18(22-16)12-21-19(25)7-9-24(2)13-15-4-3-8-20-11-15/h3-6,8,10-11H,7,9,12-13H2,1-2H3,(H,21,25)(H,22,23). The van der Waals surface area contributed by atoms with E-state index in [1.54, 1.807) is 6.20 Å². The van der Waals surface area contributed by atoms with Crippen molar-refractivity contribution < 1.29 is 4.79 Å². The third-order valence-corrected chi connectivity index (χ3v) is 4.04. The first-order valence-electron chi connectivity index (χ1n) is 8.39. The summed E-state index contributed by atoms with van der Waals surface area (Å²) in [6.45, 7) is 3.94. The van der Waals surface area contributed by atoms with Crippen molar-refractivity contribution in [2.75, 3.05) is 13.6 Å². The molecule has 2 N–H and O–H groups in total. The molecule has 25 heavy (non-hydrogen) atoms.